The number of benzene rings is 3. The molecule has 0 radical (unpaired) electrons. The molecule has 0 bridgehead atoms. The van der Waals surface area contributed by atoms with Gasteiger partial charge in [-0.3, -0.25) is 5.10 Å². The zero-order valence-corrected chi connectivity index (χ0v) is 17.2. The van der Waals surface area contributed by atoms with Crippen LogP contribution in [0, 0.1) is 0 Å². The maximum absolute atomic E-state index is 13.7. The Labute approximate surface area is 173 Å². The molecule has 0 saturated carbocycles. The summed E-state index contributed by atoms with van der Waals surface area (Å²) < 4.78 is 39.3. The molecule has 2 heterocycles. The predicted octanol–water partition coefficient (Wildman–Crippen LogP) is 3.30. The molecule has 1 aliphatic heterocycles. The molecule has 5 rings (SSSR count). The zero-order valence-electron chi connectivity index (χ0n) is 16.4. The fourth-order valence-electron chi connectivity index (χ4n) is 3.78. The number of H-pyrrole nitrogens is 1. The van der Waals surface area contributed by atoms with Gasteiger partial charge in [0.1, 0.15) is 12.7 Å². The fourth-order valence-corrected chi connectivity index (χ4v) is 5.36. The van der Waals surface area contributed by atoms with Gasteiger partial charge in [0.25, 0.3) is 0 Å². The van der Waals surface area contributed by atoms with Crippen LogP contribution >= 0.6 is 0 Å². The Kier molecular flexibility index (Phi) is 4.60. The number of likely N-dealkylation sites (N-methyl/N-ethyl adjacent to an activating group) is 1. The molecule has 30 heavy (non-hydrogen) atoms. The first-order chi connectivity index (χ1) is 14.6. The number of aromatic nitrogens is 2. The van der Waals surface area contributed by atoms with Crippen LogP contribution in [0.15, 0.2) is 64.5 Å². The Morgan fingerprint density at radius 2 is 1.97 bits per heavy atom. The van der Waals surface area contributed by atoms with E-state index in [1.54, 1.807) is 30.3 Å². The highest BCUT2D eigenvalue weighted by atomic mass is 32.2. The predicted molar refractivity (Wildman–Crippen MR) is 114 cm³/mol. The van der Waals surface area contributed by atoms with Crippen molar-refractivity contribution >= 4 is 31.5 Å². The van der Waals surface area contributed by atoms with Gasteiger partial charge in [-0.15, -0.1) is 0 Å². The first-order valence-corrected chi connectivity index (χ1v) is 11.3. The Hall–Kier alpha value is -3.10. The Morgan fingerprint density at radius 3 is 2.83 bits per heavy atom. The number of fused-ring (bicyclic) bond motifs is 4. The van der Waals surface area contributed by atoms with Gasteiger partial charge in [0.05, 0.1) is 15.8 Å². The second kappa shape index (κ2) is 7.30. The van der Waals surface area contributed by atoms with E-state index in [1.807, 2.05) is 31.2 Å². The molecule has 0 amide bonds. The molecule has 1 aromatic heterocycles. The van der Waals surface area contributed by atoms with E-state index in [2.05, 4.69) is 15.5 Å². The van der Waals surface area contributed by atoms with E-state index in [0.29, 0.717) is 40.9 Å². The summed E-state index contributed by atoms with van der Waals surface area (Å²) in [6, 6.07) is 16.2. The summed E-state index contributed by atoms with van der Waals surface area (Å²) >= 11 is 0. The van der Waals surface area contributed by atoms with Crippen LogP contribution in [-0.2, 0) is 9.84 Å². The fraction of sp³-hybridized carbons (Fsp3) is 0.227. The quantitative estimate of drug-likeness (QED) is 0.512. The van der Waals surface area contributed by atoms with Crippen molar-refractivity contribution in [2.75, 3.05) is 19.7 Å². The first-order valence-electron chi connectivity index (χ1n) is 9.83. The number of hydrogen-bond donors (Lipinski definition) is 2. The van der Waals surface area contributed by atoms with Crippen LogP contribution in [0.2, 0.25) is 0 Å². The van der Waals surface area contributed by atoms with E-state index >= 15 is 0 Å². The highest BCUT2D eigenvalue weighted by molar-refractivity contribution is 7.91. The summed E-state index contributed by atoms with van der Waals surface area (Å²) in [5.74, 6) is 0.931. The van der Waals surface area contributed by atoms with Gasteiger partial charge in [0.15, 0.2) is 16.5 Å². The average molecular weight is 423 g/mol. The summed E-state index contributed by atoms with van der Waals surface area (Å²) in [6.07, 6.45) is -0.217. The lowest BCUT2D eigenvalue weighted by Crippen LogP contribution is -2.38. The third kappa shape index (κ3) is 3.00. The van der Waals surface area contributed by atoms with Gasteiger partial charge in [0, 0.05) is 11.9 Å². The first kappa shape index (κ1) is 18.9. The molecule has 2 N–H and O–H groups in total. The van der Waals surface area contributed by atoms with Crippen molar-refractivity contribution in [1.29, 1.82) is 0 Å². The molecule has 0 aliphatic carbocycles. The Balaban J connectivity index is 1.68. The molecule has 1 aliphatic rings. The van der Waals surface area contributed by atoms with Gasteiger partial charge in [0.2, 0.25) is 9.84 Å². The SMILES string of the molecule is CCNC[C@H]1COc2ccc3[nH]nc(S(=O)(=O)c4cccc5ccccc45)c3c2O1. The van der Waals surface area contributed by atoms with Crippen molar-refractivity contribution in [1.82, 2.24) is 15.5 Å². The number of nitrogens with zero attached hydrogens (tertiary/aromatic N) is 1. The molecule has 3 aromatic carbocycles. The van der Waals surface area contributed by atoms with E-state index in [-0.39, 0.29) is 16.0 Å². The second-order valence-electron chi connectivity index (χ2n) is 7.18. The van der Waals surface area contributed by atoms with Crippen molar-refractivity contribution in [3.05, 3.63) is 54.6 Å². The van der Waals surface area contributed by atoms with Crippen molar-refractivity contribution in [2.45, 2.75) is 22.9 Å². The topological polar surface area (TPSA) is 93.3 Å². The maximum Gasteiger partial charge on any atom is 0.227 e. The molecule has 0 unspecified atom stereocenters. The van der Waals surface area contributed by atoms with E-state index < -0.39 is 9.84 Å². The number of aromatic amines is 1. The highest BCUT2D eigenvalue weighted by Crippen LogP contribution is 2.42. The maximum atomic E-state index is 13.7. The van der Waals surface area contributed by atoms with Crippen LogP contribution in [0.25, 0.3) is 21.7 Å². The van der Waals surface area contributed by atoms with E-state index in [4.69, 9.17) is 9.47 Å². The van der Waals surface area contributed by atoms with Crippen LogP contribution < -0.4 is 14.8 Å². The standard InChI is InChI=1S/C22H21N3O4S/c1-2-23-12-15-13-28-18-11-10-17-20(21(18)29-15)22(25-24-17)30(26,27)19-9-5-7-14-6-3-4-8-16(14)19/h3-11,15,23H,2,12-13H2,1H3,(H,24,25)/t15-/m0/s1. The molecule has 7 nitrogen and oxygen atoms in total. The zero-order chi connectivity index (χ0) is 20.7. The molecular formula is C22H21N3O4S. The highest BCUT2D eigenvalue weighted by Gasteiger charge is 2.31. The smallest absolute Gasteiger partial charge is 0.227 e. The van der Waals surface area contributed by atoms with Crippen molar-refractivity contribution in [3.63, 3.8) is 0 Å². The van der Waals surface area contributed by atoms with Gasteiger partial charge in [-0.05, 0) is 30.1 Å². The average Bonchev–Trinajstić information content (AvgIpc) is 3.23. The molecule has 0 saturated heterocycles. The molecule has 8 heteroatoms. The second-order valence-corrected chi connectivity index (χ2v) is 9.02. The lowest BCUT2D eigenvalue weighted by molar-refractivity contribution is 0.0927. The molecule has 0 fully saturated rings. The van der Waals surface area contributed by atoms with Crippen LogP contribution in [0.4, 0.5) is 0 Å². The largest absolute Gasteiger partial charge is 0.486 e. The third-order valence-electron chi connectivity index (χ3n) is 5.24. The third-order valence-corrected chi connectivity index (χ3v) is 6.98. The van der Waals surface area contributed by atoms with Gasteiger partial charge >= 0.3 is 0 Å². The van der Waals surface area contributed by atoms with Crippen LogP contribution in [0.5, 0.6) is 11.5 Å². The Morgan fingerprint density at radius 1 is 1.13 bits per heavy atom. The Bertz CT molecular complexity index is 1340. The summed E-state index contributed by atoms with van der Waals surface area (Å²) in [7, 11) is -3.91. The minimum atomic E-state index is -3.91. The van der Waals surface area contributed by atoms with Crippen molar-refractivity contribution in [3.8, 4) is 11.5 Å². The summed E-state index contributed by atoms with van der Waals surface area (Å²) in [5.41, 5.74) is 0.584. The van der Waals surface area contributed by atoms with Gasteiger partial charge in [-0.25, -0.2) is 8.42 Å². The number of nitrogens with one attached hydrogen (secondary N) is 2. The summed E-state index contributed by atoms with van der Waals surface area (Å²) in [6.45, 7) is 3.83. The van der Waals surface area contributed by atoms with E-state index in [9.17, 15) is 8.42 Å². The van der Waals surface area contributed by atoms with E-state index in [0.717, 1.165) is 11.9 Å². The van der Waals surface area contributed by atoms with E-state index in [1.165, 1.54) is 0 Å². The minimum absolute atomic E-state index is 0.0570. The molecule has 4 aromatic rings. The number of sulfone groups is 1. The number of hydrogen-bond acceptors (Lipinski definition) is 6. The lowest BCUT2D eigenvalue weighted by Gasteiger charge is -2.27. The van der Waals surface area contributed by atoms with Crippen LogP contribution in [0.1, 0.15) is 6.92 Å². The minimum Gasteiger partial charge on any atom is -0.486 e. The van der Waals surface area contributed by atoms with Gasteiger partial charge in [-0.2, -0.15) is 5.10 Å². The number of ether oxygens (including phenoxy) is 2. The molecule has 0 spiro atoms. The molecule has 1 atom stereocenters. The van der Waals surface area contributed by atoms with Crippen LogP contribution in [-0.4, -0.2) is 44.4 Å². The molecular weight excluding hydrogens is 402 g/mol. The summed E-state index contributed by atoms with van der Waals surface area (Å²) in [5, 5.41) is 12.1. The van der Waals surface area contributed by atoms with Crippen LogP contribution in [0.3, 0.4) is 0 Å². The van der Waals surface area contributed by atoms with Crippen molar-refractivity contribution < 1.29 is 17.9 Å². The van der Waals surface area contributed by atoms with Crippen molar-refractivity contribution in [2.24, 2.45) is 0 Å². The monoisotopic (exact) mass is 423 g/mol. The summed E-state index contributed by atoms with van der Waals surface area (Å²) in [4.78, 5) is 0.215. The van der Waals surface area contributed by atoms with Gasteiger partial charge < -0.3 is 14.8 Å². The normalized spacial score (nSPS) is 16.2. The van der Waals surface area contributed by atoms with Gasteiger partial charge in [-0.1, -0.05) is 43.3 Å². The lowest BCUT2D eigenvalue weighted by atomic mass is 10.1. The number of rotatable bonds is 5. The molecule has 154 valence electrons.